The van der Waals surface area contributed by atoms with Crippen LogP contribution in [0.4, 0.5) is 0 Å². The lowest BCUT2D eigenvalue weighted by Crippen LogP contribution is -2.52. The second-order valence-electron chi connectivity index (χ2n) is 7.22. The largest absolute Gasteiger partial charge is 0.306 e. The van der Waals surface area contributed by atoms with Crippen LogP contribution in [0.15, 0.2) is 54.6 Å². The molecule has 1 unspecified atom stereocenters. The van der Waals surface area contributed by atoms with Crippen LogP contribution in [-0.4, -0.2) is 25.0 Å². The molecule has 1 nitrogen and oxygen atoms in total. The number of likely N-dealkylation sites (N-methyl/N-ethyl adjacent to an activating group) is 1. The molecule has 3 rings (SSSR count). The molecule has 24 heavy (non-hydrogen) atoms. The third-order valence-electron chi connectivity index (χ3n) is 5.64. The van der Waals surface area contributed by atoms with Crippen LogP contribution in [0.3, 0.4) is 0 Å². The zero-order chi connectivity index (χ0) is 16.3. The Labute approximate surface area is 153 Å². The first-order valence-corrected chi connectivity index (χ1v) is 9.00. The molecule has 2 aromatic carbocycles. The molecule has 2 aromatic rings. The molecular formula is C22H30ClN. The summed E-state index contributed by atoms with van der Waals surface area (Å²) in [5.74, 6) is 0. The van der Waals surface area contributed by atoms with E-state index in [0.717, 1.165) is 0 Å². The highest BCUT2D eigenvalue weighted by molar-refractivity contribution is 5.85. The smallest absolute Gasteiger partial charge is 0.0186 e. The molecular weight excluding hydrogens is 314 g/mol. The number of hydrogen-bond acceptors (Lipinski definition) is 1. The molecule has 1 aliphatic rings. The molecule has 0 aliphatic heterocycles. The Morgan fingerprint density at radius 1 is 0.917 bits per heavy atom. The molecule has 0 bridgehead atoms. The Kier molecular flexibility index (Phi) is 6.48. The molecule has 130 valence electrons. The zero-order valence-corrected chi connectivity index (χ0v) is 16.0. The third kappa shape index (κ3) is 3.53. The average Bonchev–Trinajstić information content (AvgIpc) is 2.54. The van der Waals surface area contributed by atoms with Crippen molar-refractivity contribution in [3.63, 3.8) is 0 Å². The molecule has 0 radical (unpaired) electrons. The Hall–Kier alpha value is -1.31. The van der Waals surface area contributed by atoms with Gasteiger partial charge in [0.1, 0.15) is 0 Å². The van der Waals surface area contributed by atoms with Gasteiger partial charge in [-0.25, -0.2) is 0 Å². The highest BCUT2D eigenvalue weighted by atomic mass is 35.5. The van der Waals surface area contributed by atoms with Gasteiger partial charge in [0.2, 0.25) is 0 Å². The van der Waals surface area contributed by atoms with Gasteiger partial charge in [-0.1, -0.05) is 74.4 Å². The normalized spacial score (nSPS) is 17.0. The van der Waals surface area contributed by atoms with Crippen molar-refractivity contribution in [2.24, 2.45) is 0 Å². The van der Waals surface area contributed by atoms with Gasteiger partial charge >= 0.3 is 0 Å². The Balaban J connectivity index is 0.00000208. The minimum atomic E-state index is 0. The lowest BCUT2D eigenvalue weighted by atomic mass is 9.59. The summed E-state index contributed by atoms with van der Waals surface area (Å²) in [5, 5.41) is 0. The maximum atomic E-state index is 2.45. The molecule has 0 spiro atoms. The van der Waals surface area contributed by atoms with Crippen LogP contribution < -0.4 is 0 Å². The van der Waals surface area contributed by atoms with Crippen molar-refractivity contribution < 1.29 is 0 Å². The SMILES string of the molecule is CCCC(N(C)C)C1(c2ccc(-c3ccccc3)cc2)CCC1.Cl. The van der Waals surface area contributed by atoms with E-state index in [9.17, 15) is 0 Å². The standard InChI is InChI=1S/C22H29N.ClH/c1-4-9-21(23(2)3)22(16-8-17-22)20-14-12-19(13-15-20)18-10-6-5-7-11-18;/h5-7,10-15,21H,4,8-9,16-17H2,1-3H3;1H. The third-order valence-corrected chi connectivity index (χ3v) is 5.64. The van der Waals surface area contributed by atoms with Gasteiger partial charge in [-0.2, -0.15) is 0 Å². The zero-order valence-electron chi connectivity index (χ0n) is 15.2. The summed E-state index contributed by atoms with van der Waals surface area (Å²) in [4.78, 5) is 2.45. The van der Waals surface area contributed by atoms with Crippen LogP contribution in [0, 0.1) is 0 Å². The lowest BCUT2D eigenvalue weighted by molar-refractivity contribution is 0.0895. The summed E-state index contributed by atoms with van der Waals surface area (Å²) in [6.07, 6.45) is 6.58. The molecule has 1 fully saturated rings. The van der Waals surface area contributed by atoms with Crippen molar-refractivity contribution in [2.45, 2.75) is 50.5 Å². The van der Waals surface area contributed by atoms with Crippen LogP contribution in [0.1, 0.15) is 44.6 Å². The predicted octanol–water partition coefficient (Wildman–Crippen LogP) is 5.93. The Bertz CT molecular complexity index is 614. The molecule has 1 aliphatic carbocycles. The van der Waals surface area contributed by atoms with E-state index in [1.807, 2.05) is 0 Å². The second kappa shape index (κ2) is 8.18. The Morgan fingerprint density at radius 2 is 1.50 bits per heavy atom. The monoisotopic (exact) mass is 343 g/mol. The summed E-state index contributed by atoms with van der Waals surface area (Å²) in [5.41, 5.74) is 4.53. The maximum absolute atomic E-state index is 2.45. The van der Waals surface area contributed by atoms with E-state index in [-0.39, 0.29) is 12.4 Å². The summed E-state index contributed by atoms with van der Waals surface area (Å²) >= 11 is 0. The van der Waals surface area contributed by atoms with Gasteiger partial charge in [0, 0.05) is 11.5 Å². The fourth-order valence-electron chi connectivity index (χ4n) is 4.30. The molecule has 2 heteroatoms. The van der Waals surface area contributed by atoms with Gasteiger partial charge in [0.25, 0.3) is 0 Å². The van der Waals surface area contributed by atoms with Crippen molar-refractivity contribution >= 4 is 12.4 Å². The van der Waals surface area contributed by atoms with Crippen molar-refractivity contribution in [1.82, 2.24) is 4.90 Å². The number of halogens is 1. The summed E-state index contributed by atoms with van der Waals surface area (Å²) in [6.45, 7) is 2.31. The van der Waals surface area contributed by atoms with Crippen LogP contribution in [0.5, 0.6) is 0 Å². The van der Waals surface area contributed by atoms with E-state index < -0.39 is 0 Å². The summed E-state index contributed by atoms with van der Waals surface area (Å²) in [7, 11) is 4.50. The number of benzene rings is 2. The van der Waals surface area contributed by atoms with E-state index in [0.29, 0.717) is 11.5 Å². The number of rotatable bonds is 6. The number of nitrogens with zero attached hydrogens (tertiary/aromatic N) is 1. The van der Waals surface area contributed by atoms with Crippen LogP contribution in [0.25, 0.3) is 11.1 Å². The fourth-order valence-corrected chi connectivity index (χ4v) is 4.30. The fraction of sp³-hybridized carbons (Fsp3) is 0.455. The van der Waals surface area contributed by atoms with Crippen molar-refractivity contribution in [3.05, 3.63) is 60.2 Å². The molecule has 1 saturated carbocycles. The van der Waals surface area contributed by atoms with E-state index in [1.54, 1.807) is 0 Å². The van der Waals surface area contributed by atoms with Crippen molar-refractivity contribution in [1.29, 1.82) is 0 Å². The van der Waals surface area contributed by atoms with Crippen LogP contribution in [-0.2, 0) is 5.41 Å². The number of hydrogen-bond donors (Lipinski definition) is 0. The average molecular weight is 344 g/mol. The van der Waals surface area contributed by atoms with Crippen molar-refractivity contribution in [2.75, 3.05) is 14.1 Å². The van der Waals surface area contributed by atoms with Gasteiger partial charge in [-0.3, -0.25) is 0 Å². The molecule has 1 atom stereocenters. The first-order valence-electron chi connectivity index (χ1n) is 9.00. The van der Waals surface area contributed by atoms with E-state index in [2.05, 4.69) is 80.5 Å². The molecule has 0 amide bonds. The topological polar surface area (TPSA) is 3.24 Å². The van der Waals surface area contributed by atoms with Gasteiger partial charge in [-0.05, 0) is 50.0 Å². The van der Waals surface area contributed by atoms with Crippen molar-refractivity contribution in [3.8, 4) is 11.1 Å². The lowest BCUT2D eigenvalue weighted by Gasteiger charge is -2.51. The Morgan fingerprint density at radius 3 is 1.96 bits per heavy atom. The van der Waals surface area contributed by atoms with Gasteiger partial charge in [-0.15, -0.1) is 12.4 Å². The second-order valence-corrected chi connectivity index (χ2v) is 7.22. The molecule has 0 N–H and O–H groups in total. The van der Waals surface area contributed by atoms with E-state index in [4.69, 9.17) is 0 Å². The molecule has 0 saturated heterocycles. The first kappa shape index (κ1) is 19.0. The van der Waals surface area contributed by atoms with Crippen LogP contribution in [0.2, 0.25) is 0 Å². The maximum Gasteiger partial charge on any atom is 0.0186 e. The first-order chi connectivity index (χ1) is 11.2. The van der Waals surface area contributed by atoms with E-state index >= 15 is 0 Å². The minimum absolute atomic E-state index is 0. The summed E-state index contributed by atoms with van der Waals surface area (Å²) < 4.78 is 0. The highest BCUT2D eigenvalue weighted by Gasteiger charge is 2.45. The molecule has 0 aromatic heterocycles. The summed E-state index contributed by atoms with van der Waals surface area (Å²) in [6, 6.07) is 20.7. The quantitative estimate of drug-likeness (QED) is 0.628. The molecule has 0 heterocycles. The van der Waals surface area contributed by atoms with Gasteiger partial charge in [0.05, 0.1) is 0 Å². The van der Waals surface area contributed by atoms with E-state index in [1.165, 1.54) is 48.8 Å². The predicted molar refractivity (Wildman–Crippen MR) is 107 cm³/mol. The highest BCUT2D eigenvalue weighted by Crippen LogP contribution is 2.49. The van der Waals surface area contributed by atoms with Gasteiger partial charge < -0.3 is 4.90 Å². The minimum Gasteiger partial charge on any atom is -0.306 e. The van der Waals surface area contributed by atoms with Gasteiger partial charge in [0.15, 0.2) is 0 Å². The van der Waals surface area contributed by atoms with Crippen LogP contribution >= 0.6 is 12.4 Å².